The number of carbonyl (C=O) groups is 2. The third kappa shape index (κ3) is 50.6. The molecule has 0 radical (unpaired) electrons. The van der Waals surface area contributed by atoms with E-state index in [1.165, 1.54) is 89.9 Å². The van der Waals surface area contributed by atoms with E-state index in [1.54, 1.807) is 0 Å². The van der Waals surface area contributed by atoms with Gasteiger partial charge in [-0.05, 0) is 89.9 Å². The normalized spacial score (nSPS) is 14.1. The molecule has 380 valence electrons. The van der Waals surface area contributed by atoms with Crippen molar-refractivity contribution in [3.05, 3.63) is 85.1 Å². The summed E-state index contributed by atoms with van der Waals surface area (Å²) in [7, 11) is 1.13. The minimum atomic E-state index is -4.65. The van der Waals surface area contributed by atoms with Crippen molar-refractivity contribution in [2.45, 2.75) is 213 Å². The van der Waals surface area contributed by atoms with Crippen molar-refractivity contribution in [2.24, 2.45) is 0 Å². The Bertz CT molecular complexity index is 1390. The van der Waals surface area contributed by atoms with Crippen LogP contribution in [0.15, 0.2) is 85.1 Å². The van der Waals surface area contributed by atoms with Crippen molar-refractivity contribution in [1.82, 2.24) is 0 Å². The summed E-state index contributed by atoms with van der Waals surface area (Å²) in [6, 6.07) is 0. The van der Waals surface area contributed by atoms with Crippen LogP contribution in [0.4, 0.5) is 0 Å². The van der Waals surface area contributed by atoms with Crippen LogP contribution in [-0.4, -0.2) is 70.0 Å². The number of quaternary nitrogens is 1. The van der Waals surface area contributed by atoms with E-state index in [-0.39, 0.29) is 26.1 Å². The molecule has 0 heterocycles. The molecule has 9 nitrogen and oxygen atoms in total. The van der Waals surface area contributed by atoms with Gasteiger partial charge in [-0.3, -0.25) is 14.2 Å². The number of allylic oxidation sites excluding steroid dienone is 14. The quantitative estimate of drug-likeness (QED) is 0.0195. The lowest BCUT2D eigenvalue weighted by atomic mass is 10.0. The molecule has 0 aromatic heterocycles. The van der Waals surface area contributed by atoms with Gasteiger partial charge in [0.1, 0.15) is 19.8 Å². The maximum Gasteiger partial charge on any atom is 0.306 e. The molecule has 0 aliphatic heterocycles. The molecule has 0 spiro atoms. The highest BCUT2D eigenvalue weighted by atomic mass is 31.2. The second-order valence-electron chi connectivity index (χ2n) is 18.5. The number of phosphoric acid groups is 1. The average molecular weight is 944 g/mol. The minimum absolute atomic E-state index is 0.0420. The predicted octanol–water partition coefficient (Wildman–Crippen LogP) is 15.3. The molecule has 0 amide bonds. The van der Waals surface area contributed by atoms with E-state index >= 15 is 0 Å². The molecule has 0 fully saturated rings. The highest BCUT2D eigenvalue weighted by molar-refractivity contribution is 7.45. The lowest BCUT2D eigenvalue weighted by molar-refractivity contribution is -0.870. The Kier molecular flexibility index (Phi) is 45.3. The zero-order valence-corrected chi connectivity index (χ0v) is 43.8. The Morgan fingerprint density at radius 3 is 1.30 bits per heavy atom. The molecule has 10 heteroatoms. The first-order valence-electron chi connectivity index (χ1n) is 26.3. The highest BCUT2D eigenvalue weighted by Crippen LogP contribution is 2.38. The molecule has 0 aromatic carbocycles. The third-order valence-electron chi connectivity index (χ3n) is 10.9. The van der Waals surface area contributed by atoms with Crippen LogP contribution in [-0.2, 0) is 32.7 Å². The van der Waals surface area contributed by atoms with Gasteiger partial charge >= 0.3 is 11.9 Å². The van der Waals surface area contributed by atoms with Crippen LogP contribution in [0.1, 0.15) is 206 Å². The van der Waals surface area contributed by atoms with E-state index in [1.807, 2.05) is 21.1 Å². The van der Waals surface area contributed by atoms with Crippen molar-refractivity contribution in [3.63, 3.8) is 0 Å². The van der Waals surface area contributed by atoms with Crippen molar-refractivity contribution in [3.8, 4) is 0 Å². The minimum Gasteiger partial charge on any atom is -0.756 e. The Balaban J connectivity index is 4.29. The average Bonchev–Trinajstić information content (AvgIpc) is 3.27. The Morgan fingerprint density at radius 1 is 0.485 bits per heavy atom. The first-order chi connectivity index (χ1) is 32.0. The van der Waals surface area contributed by atoms with E-state index in [0.29, 0.717) is 17.4 Å². The number of ether oxygens (including phenoxy) is 2. The van der Waals surface area contributed by atoms with E-state index in [4.69, 9.17) is 18.5 Å². The molecule has 66 heavy (non-hydrogen) atoms. The number of esters is 2. The second kappa shape index (κ2) is 47.3. The molecule has 2 unspecified atom stereocenters. The molecule has 0 rings (SSSR count). The van der Waals surface area contributed by atoms with E-state index in [2.05, 4.69) is 98.9 Å². The number of likely N-dealkylation sites (N-methyl/N-ethyl adjacent to an activating group) is 1. The number of hydrogen-bond acceptors (Lipinski definition) is 8. The summed E-state index contributed by atoms with van der Waals surface area (Å²) in [4.78, 5) is 37.8. The molecule has 0 saturated heterocycles. The molecular formula is C56H98NO8P. The lowest BCUT2D eigenvalue weighted by Crippen LogP contribution is -2.37. The molecular weight excluding hydrogens is 846 g/mol. The summed E-state index contributed by atoms with van der Waals surface area (Å²) in [5, 5.41) is 0. The third-order valence-corrected chi connectivity index (χ3v) is 11.9. The SMILES string of the molecule is CC/C=C\C/C=C\C/C=C\C/C=C\C/C=C\CCCCCC(=O)OC(COC(=O)CCCCCCCCCCCCC/C=C\C/C=C\CCCCCCC)COP(=O)([O-])OCC[N+](C)(C)C. The first kappa shape index (κ1) is 63.2. The van der Waals surface area contributed by atoms with Crippen molar-refractivity contribution in [1.29, 1.82) is 0 Å². The van der Waals surface area contributed by atoms with Gasteiger partial charge in [-0.2, -0.15) is 0 Å². The summed E-state index contributed by atoms with van der Waals surface area (Å²) < 4.78 is 34.0. The van der Waals surface area contributed by atoms with Gasteiger partial charge < -0.3 is 27.9 Å². The fraction of sp³-hybridized carbons (Fsp3) is 0.714. The number of rotatable bonds is 47. The van der Waals surface area contributed by atoms with Gasteiger partial charge in [0.2, 0.25) is 0 Å². The Morgan fingerprint density at radius 2 is 0.864 bits per heavy atom. The number of nitrogens with zero attached hydrogens (tertiary/aromatic N) is 1. The van der Waals surface area contributed by atoms with Crippen LogP contribution >= 0.6 is 7.82 Å². The van der Waals surface area contributed by atoms with Crippen LogP contribution in [0, 0.1) is 0 Å². The molecule has 0 bridgehead atoms. The zero-order chi connectivity index (χ0) is 48.5. The van der Waals surface area contributed by atoms with E-state index < -0.39 is 32.5 Å². The van der Waals surface area contributed by atoms with Gasteiger partial charge in [-0.25, -0.2) is 0 Å². The molecule has 2 atom stereocenters. The fourth-order valence-electron chi connectivity index (χ4n) is 6.83. The van der Waals surface area contributed by atoms with Crippen LogP contribution < -0.4 is 4.89 Å². The predicted molar refractivity (Wildman–Crippen MR) is 277 cm³/mol. The molecule has 0 saturated carbocycles. The largest absolute Gasteiger partial charge is 0.756 e. The summed E-state index contributed by atoms with van der Waals surface area (Å²) in [6.07, 6.45) is 61.9. The van der Waals surface area contributed by atoms with Gasteiger partial charge in [-0.1, -0.05) is 189 Å². The molecule has 0 aromatic rings. The number of hydrogen-bond donors (Lipinski definition) is 0. The first-order valence-corrected chi connectivity index (χ1v) is 27.8. The second-order valence-corrected chi connectivity index (χ2v) is 19.9. The monoisotopic (exact) mass is 944 g/mol. The van der Waals surface area contributed by atoms with Crippen LogP contribution in [0.25, 0.3) is 0 Å². The van der Waals surface area contributed by atoms with E-state index in [0.717, 1.165) is 83.5 Å². The summed E-state index contributed by atoms with van der Waals surface area (Å²) in [6.45, 7) is 4.07. The number of phosphoric ester groups is 1. The van der Waals surface area contributed by atoms with Crippen LogP contribution in [0.3, 0.4) is 0 Å². The molecule has 0 N–H and O–H groups in total. The summed E-state index contributed by atoms with van der Waals surface area (Å²) in [5.74, 6) is -0.877. The number of unbranched alkanes of at least 4 members (excludes halogenated alkanes) is 19. The van der Waals surface area contributed by atoms with Gasteiger partial charge in [0.15, 0.2) is 6.10 Å². The van der Waals surface area contributed by atoms with Gasteiger partial charge in [0.25, 0.3) is 7.82 Å². The van der Waals surface area contributed by atoms with Crippen molar-refractivity contribution in [2.75, 3.05) is 47.5 Å². The smallest absolute Gasteiger partial charge is 0.306 e. The highest BCUT2D eigenvalue weighted by Gasteiger charge is 2.21. The van der Waals surface area contributed by atoms with Crippen LogP contribution in [0.5, 0.6) is 0 Å². The Hall–Kier alpha value is -2.81. The Labute approximate surface area is 405 Å². The maximum absolute atomic E-state index is 12.7. The van der Waals surface area contributed by atoms with Crippen LogP contribution in [0.2, 0.25) is 0 Å². The summed E-state index contributed by atoms with van der Waals surface area (Å²) >= 11 is 0. The van der Waals surface area contributed by atoms with E-state index in [9.17, 15) is 19.0 Å². The molecule has 0 aliphatic carbocycles. The van der Waals surface area contributed by atoms with Gasteiger partial charge in [0, 0.05) is 12.8 Å². The topological polar surface area (TPSA) is 111 Å². The standard InChI is InChI=1S/C56H98NO8P/c1-6-8-10-12-14-16-18-20-22-24-26-27-28-29-31-32-34-36-38-40-42-44-46-48-55(58)62-52-54(53-64-66(60,61)63-51-50-57(3,4)5)65-56(59)49-47-45-43-41-39-37-35-33-30-25-23-21-19-17-15-13-11-9-7-2/h9,11,15,17-18,20-21,23-24,26,30,33,37,39,54H,6-8,10,12-14,16,19,22,25,27-29,31-32,34-36,38,40-53H2,1-5H3/b11-9-,17-15-,20-18-,23-21-,26-24-,33-30-,39-37-. The lowest BCUT2D eigenvalue weighted by Gasteiger charge is -2.28. The van der Waals surface area contributed by atoms with Gasteiger partial charge in [0.05, 0.1) is 27.7 Å². The van der Waals surface area contributed by atoms with Crippen molar-refractivity contribution < 1.29 is 42.1 Å². The fourth-order valence-corrected chi connectivity index (χ4v) is 7.56. The van der Waals surface area contributed by atoms with Gasteiger partial charge in [-0.15, -0.1) is 0 Å². The molecule has 0 aliphatic rings. The number of carbonyl (C=O) groups excluding carboxylic acids is 2. The summed E-state index contributed by atoms with van der Waals surface area (Å²) in [5.41, 5.74) is 0. The maximum atomic E-state index is 12.7. The zero-order valence-electron chi connectivity index (χ0n) is 42.9. The van der Waals surface area contributed by atoms with Crippen molar-refractivity contribution >= 4 is 19.8 Å².